The summed E-state index contributed by atoms with van der Waals surface area (Å²) in [6.07, 6.45) is 0. The van der Waals surface area contributed by atoms with Crippen LogP contribution in [0.2, 0.25) is 0 Å². The van der Waals surface area contributed by atoms with Gasteiger partial charge >= 0.3 is 5.97 Å². The molecule has 1 amide bonds. The second kappa shape index (κ2) is 11.8. The van der Waals surface area contributed by atoms with Crippen molar-refractivity contribution in [2.75, 3.05) is 17.7 Å². The van der Waals surface area contributed by atoms with Gasteiger partial charge in [0.2, 0.25) is 5.91 Å². The highest BCUT2D eigenvalue weighted by Gasteiger charge is 2.17. The van der Waals surface area contributed by atoms with Gasteiger partial charge in [-0.25, -0.2) is 9.78 Å². The molecular formula is C29H23N3O3S. The van der Waals surface area contributed by atoms with Gasteiger partial charge in [-0.05, 0) is 42.8 Å². The van der Waals surface area contributed by atoms with Crippen molar-refractivity contribution in [1.82, 2.24) is 4.98 Å². The molecule has 6 nitrogen and oxygen atoms in total. The topological polar surface area (TPSA) is 92.1 Å². The van der Waals surface area contributed by atoms with Crippen molar-refractivity contribution in [3.8, 4) is 28.5 Å². The number of hydrogen-bond donors (Lipinski definition) is 1. The van der Waals surface area contributed by atoms with E-state index >= 15 is 0 Å². The number of nitriles is 1. The van der Waals surface area contributed by atoms with Crippen LogP contribution in [0.5, 0.6) is 0 Å². The molecule has 0 radical (unpaired) electrons. The Morgan fingerprint density at radius 1 is 0.944 bits per heavy atom. The molecule has 0 spiro atoms. The summed E-state index contributed by atoms with van der Waals surface area (Å²) >= 11 is 1.21. The highest BCUT2D eigenvalue weighted by molar-refractivity contribution is 8.00. The maximum absolute atomic E-state index is 12.7. The van der Waals surface area contributed by atoms with Crippen LogP contribution >= 0.6 is 11.8 Å². The number of nitrogens with one attached hydrogen (secondary N) is 1. The molecule has 0 atom stereocenters. The maximum atomic E-state index is 12.7. The highest BCUT2D eigenvalue weighted by Crippen LogP contribution is 2.34. The molecule has 4 rings (SSSR count). The van der Waals surface area contributed by atoms with Crippen LogP contribution in [0.3, 0.4) is 0 Å². The zero-order valence-electron chi connectivity index (χ0n) is 19.6. The summed E-state index contributed by atoms with van der Waals surface area (Å²) < 4.78 is 4.98. The number of esters is 1. The molecule has 36 heavy (non-hydrogen) atoms. The van der Waals surface area contributed by atoms with Crippen molar-refractivity contribution in [1.29, 1.82) is 5.26 Å². The van der Waals surface area contributed by atoms with Gasteiger partial charge in [0.1, 0.15) is 11.1 Å². The van der Waals surface area contributed by atoms with E-state index in [9.17, 15) is 14.9 Å². The Kier molecular flexibility index (Phi) is 8.12. The molecule has 1 heterocycles. The molecule has 178 valence electrons. The normalized spacial score (nSPS) is 10.3. The minimum atomic E-state index is -0.409. The SMILES string of the molecule is CCOC(=O)c1ccc(NC(=O)CSc2nc(-c3ccccc3)cc(-c3ccccc3)c2C#N)cc1. The van der Waals surface area contributed by atoms with E-state index in [2.05, 4.69) is 11.4 Å². The first kappa shape index (κ1) is 24.7. The Morgan fingerprint density at radius 3 is 2.19 bits per heavy atom. The number of carbonyl (C=O) groups is 2. The number of pyridine rings is 1. The molecular weight excluding hydrogens is 470 g/mol. The Bertz CT molecular complexity index is 1400. The minimum absolute atomic E-state index is 0.0633. The molecule has 0 aliphatic carbocycles. The fraction of sp³-hybridized carbons (Fsp3) is 0.103. The van der Waals surface area contributed by atoms with E-state index in [-0.39, 0.29) is 11.7 Å². The lowest BCUT2D eigenvalue weighted by Gasteiger charge is -2.13. The van der Waals surface area contributed by atoms with Crippen molar-refractivity contribution in [3.05, 3.63) is 102 Å². The predicted molar refractivity (Wildman–Crippen MR) is 142 cm³/mol. The van der Waals surface area contributed by atoms with Crippen LogP contribution in [0, 0.1) is 11.3 Å². The van der Waals surface area contributed by atoms with Gasteiger partial charge in [-0.2, -0.15) is 5.26 Å². The summed E-state index contributed by atoms with van der Waals surface area (Å²) in [5.74, 6) is -0.595. The van der Waals surface area contributed by atoms with E-state index in [4.69, 9.17) is 9.72 Å². The second-order valence-electron chi connectivity index (χ2n) is 7.71. The molecule has 0 saturated heterocycles. The average Bonchev–Trinajstić information content (AvgIpc) is 2.93. The fourth-order valence-corrected chi connectivity index (χ4v) is 4.37. The van der Waals surface area contributed by atoms with Gasteiger partial charge in [0.15, 0.2) is 0 Å². The van der Waals surface area contributed by atoms with Gasteiger partial charge < -0.3 is 10.1 Å². The molecule has 1 N–H and O–H groups in total. The van der Waals surface area contributed by atoms with Crippen LogP contribution in [0.15, 0.2) is 96.0 Å². The number of nitrogens with zero attached hydrogens (tertiary/aromatic N) is 2. The number of ether oxygens (including phenoxy) is 1. The van der Waals surface area contributed by atoms with Crippen molar-refractivity contribution >= 4 is 29.3 Å². The third-order valence-corrected chi connectivity index (χ3v) is 6.25. The molecule has 0 saturated carbocycles. The van der Waals surface area contributed by atoms with Gasteiger partial charge in [-0.3, -0.25) is 4.79 Å². The van der Waals surface area contributed by atoms with E-state index in [0.717, 1.165) is 22.4 Å². The quantitative estimate of drug-likeness (QED) is 0.232. The summed E-state index contributed by atoms with van der Waals surface area (Å²) in [5.41, 5.74) is 4.73. The van der Waals surface area contributed by atoms with Crippen LogP contribution in [-0.2, 0) is 9.53 Å². The van der Waals surface area contributed by atoms with Crippen LogP contribution < -0.4 is 5.32 Å². The fourth-order valence-electron chi connectivity index (χ4n) is 3.57. The van der Waals surface area contributed by atoms with Crippen molar-refractivity contribution in [2.24, 2.45) is 0 Å². The Morgan fingerprint density at radius 2 is 1.58 bits per heavy atom. The molecule has 7 heteroatoms. The van der Waals surface area contributed by atoms with E-state index in [0.29, 0.717) is 28.4 Å². The predicted octanol–water partition coefficient (Wildman–Crippen LogP) is 6.19. The number of thioether (sulfide) groups is 1. The molecule has 1 aromatic heterocycles. The minimum Gasteiger partial charge on any atom is -0.462 e. The molecule has 4 aromatic rings. The van der Waals surface area contributed by atoms with E-state index in [1.54, 1.807) is 31.2 Å². The zero-order valence-corrected chi connectivity index (χ0v) is 20.4. The summed E-state index contributed by atoms with van der Waals surface area (Å²) in [6.45, 7) is 2.04. The lowest BCUT2D eigenvalue weighted by Crippen LogP contribution is -2.14. The summed E-state index contributed by atoms with van der Waals surface area (Å²) in [6, 6.07) is 30.1. The van der Waals surface area contributed by atoms with Gasteiger partial charge in [0.05, 0.1) is 29.2 Å². The van der Waals surface area contributed by atoms with Gasteiger partial charge in [-0.1, -0.05) is 72.4 Å². The Labute approximate surface area is 214 Å². The summed E-state index contributed by atoms with van der Waals surface area (Å²) in [4.78, 5) is 29.2. The summed E-state index contributed by atoms with van der Waals surface area (Å²) in [7, 11) is 0. The molecule has 3 aromatic carbocycles. The third kappa shape index (κ3) is 5.98. The number of aromatic nitrogens is 1. The number of anilines is 1. The molecule has 0 aliphatic heterocycles. The zero-order chi connectivity index (χ0) is 25.3. The monoisotopic (exact) mass is 493 g/mol. The number of carbonyl (C=O) groups excluding carboxylic acids is 2. The van der Waals surface area contributed by atoms with Crippen LogP contribution in [0.4, 0.5) is 5.69 Å². The Hall–Kier alpha value is -4.41. The highest BCUT2D eigenvalue weighted by atomic mass is 32.2. The number of benzene rings is 3. The lowest BCUT2D eigenvalue weighted by molar-refractivity contribution is -0.113. The van der Waals surface area contributed by atoms with Crippen molar-refractivity contribution in [2.45, 2.75) is 11.9 Å². The van der Waals surface area contributed by atoms with Crippen molar-refractivity contribution < 1.29 is 14.3 Å². The number of rotatable bonds is 8. The average molecular weight is 494 g/mol. The van der Waals surface area contributed by atoms with E-state index < -0.39 is 5.97 Å². The van der Waals surface area contributed by atoms with Crippen LogP contribution in [0.1, 0.15) is 22.8 Å². The standard InChI is InChI=1S/C29H23N3O3S/c1-2-35-29(34)22-13-15-23(16-14-22)31-27(33)19-36-28-25(18-30)24(20-9-5-3-6-10-20)17-26(32-28)21-11-7-4-8-12-21/h3-17H,2,19H2,1H3,(H,31,33). The third-order valence-electron chi connectivity index (χ3n) is 5.27. The largest absolute Gasteiger partial charge is 0.462 e. The van der Waals surface area contributed by atoms with E-state index in [1.807, 2.05) is 66.7 Å². The summed E-state index contributed by atoms with van der Waals surface area (Å²) in [5, 5.41) is 13.3. The van der Waals surface area contributed by atoms with Gasteiger partial charge in [0, 0.05) is 16.8 Å². The first-order valence-electron chi connectivity index (χ1n) is 11.3. The molecule has 0 unspecified atom stereocenters. The van der Waals surface area contributed by atoms with Gasteiger partial charge in [0.25, 0.3) is 0 Å². The first-order valence-corrected chi connectivity index (χ1v) is 12.3. The number of amides is 1. The molecule has 0 fully saturated rings. The molecule has 0 bridgehead atoms. The van der Waals surface area contributed by atoms with E-state index in [1.165, 1.54) is 11.8 Å². The smallest absolute Gasteiger partial charge is 0.338 e. The van der Waals surface area contributed by atoms with Gasteiger partial charge in [-0.15, -0.1) is 0 Å². The van der Waals surface area contributed by atoms with Crippen LogP contribution in [0.25, 0.3) is 22.4 Å². The Balaban J connectivity index is 1.56. The van der Waals surface area contributed by atoms with Crippen LogP contribution in [-0.4, -0.2) is 29.2 Å². The van der Waals surface area contributed by atoms with Crippen molar-refractivity contribution in [3.63, 3.8) is 0 Å². The first-order chi connectivity index (χ1) is 17.6. The molecule has 0 aliphatic rings. The maximum Gasteiger partial charge on any atom is 0.338 e. The lowest BCUT2D eigenvalue weighted by atomic mass is 9.99. The number of hydrogen-bond acceptors (Lipinski definition) is 6. The second-order valence-corrected chi connectivity index (χ2v) is 8.68.